The van der Waals surface area contributed by atoms with Gasteiger partial charge in [-0.1, -0.05) is 0 Å². The van der Waals surface area contributed by atoms with Crippen LogP contribution in [0.5, 0.6) is 0 Å². The van der Waals surface area contributed by atoms with Crippen LogP contribution in [0.2, 0.25) is 0 Å². The molecule has 3 N–H and O–H groups in total. The molecule has 0 aliphatic rings. The van der Waals surface area contributed by atoms with Crippen LogP contribution < -0.4 is 10.6 Å². The SMILES string of the molecule is CCOP(=O)(OCC)[C@H](C)NC(=O)[C@H](C)NC(=O)O. The van der Waals surface area contributed by atoms with E-state index in [0.717, 1.165) is 0 Å². The van der Waals surface area contributed by atoms with E-state index in [9.17, 15) is 14.2 Å². The first kappa shape index (κ1) is 17.9. The smallest absolute Gasteiger partial charge is 0.405 e. The number of carboxylic acid groups (broad SMARTS) is 1. The second kappa shape index (κ2) is 8.14. The Morgan fingerprint density at radius 3 is 2.00 bits per heavy atom. The zero-order valence-electron chi connectivity index (χ0n) is 11.5. The molecule has 0 heterocycles. The number of hydrogen-bond donors (Lipinski definition) is 3. The summed E-state index contributed by atoms with van der Waals surface area (Å²) >= 11 is 0. The van der Waals surface area contributed by atoms with Gasteiger partial charge >= 0.3 is 13.7 Å². The minimum absolute atomic E-state index is 0.181. The molecule has 9 heteroatoms. The molecule has 0 bridgehead atoms. The zero-order valence-corrected chi connectivity index (χ0v) is 12.4. The molecule has 112 valence electrons. The molecule has 0 aliphatic carbocycles. The lowest BCUT2D eigenvalue weighted by Gasteiger charge is -2.25. The van der Waals surface area contributed by atoms with Crippen molar-refractivity contribution in [2.24, 2.45) is 0 Å². The Morgan fingerprint density at radius 1 is 1.16 bits per heavy atom. The largest absolute Gasteiger partial charge is 0.465 e. The van der Waals surface area contributed by atoms with Crippen molar-refractivity contribution >= 4 is 19.6 Å². The van der Waals surface area contributed by atoms with E-state index in [0.29, 0.717) is 0 Å². The maximum Gasteiger partial charge on any atom is 0.405 e. The van der Waals surface area contributed by atoms with Crippen LogP contribution in [0, 0.1) is 0 Å². The predicted octanol–water partition coefficient (Wildman–Crippen LogP) is 1.37. The van der Waals surface area contributed by atoms with E-state index in [1.807, 2.05) is 5.32 Å². The second-order valence-electron chi connectivity index (χ2n) is 3.73. The number of amides is 2. The van der Waals surface area contributed by atoms with Crippen LogP contribution in [0.15, 0.2) is 0 Å². The van der Waals surface area contributed by atoms with Crippen molar-refractivity contribution in [2.75, 3.05) is 13.2 Å². The maximum absolute atomic E-state index is 12.3. The van der Waals surface area contributed by atoms with Gasteiger partial charge in [0.25, 0.3) is 0 Å². The Morgan fingerprint density at radius 2 is 1.63 bits per heavy atom. The summed E-state index contributed by atoms with van der Waals surface area (Å²) in [7, 11) is -3.45. The molecule has 0 rings (SSSR count). The summed E-state index contributed by atoms with van der Waals surface area (Å²) in [4.78, 5) is 22.1. The quantitative estimate of drug-likeness (QED) is 0.583. The van der Waals surface area contributed by atoms with E-state index >= 15 is 0 Å². The van der Waals surface area contributed by atoms with Gasteiger partial charge in [0.1, 0.15) is 11.8 Å². The lowest BCUT2D eigenvalue weighted by atomic mass is 10.3. The van der Waals surface area contributed by atoms with Crippen LogP contribution in [-0.4, -0.2) is 42.1 Å². The summed E-state index contributed by atoms with van der Waals surface area (Å²) in [5, 5.41) is 12.9. The number of carbonyl (C=O) groups is 2. The van der Waals surface area contributed by atoms with Crippen molar-refractivity contribution in [3.8, 4) is 0 Å². The van der Waals surface area contributed by atoms with Crippen molar-refractivity contribution in [3.63, 3.8) is 0 Å². The van der Waals surface area contributed by atoms with E-state index in [2.05, 4.69) is 5.32 Å². The highest BCUT2D eigenvalue weighted by atomic mass is 31.2. The molecular weight excluding hydrogens is 275 g/mol. The highest BCUT2D eigenvalue weighted by Crippen LogP contribution is 2.51. The number of rotatable bonds is 8. The van der Waals surface area contributed by atoms with Crippen LogP contribution in [0.25, 0.3) is 0 Å². The van der Waals surface area contributed by atoms with E-state index in [-0.39, 0.29) is 13.2 Å². The summed E-state index contributed by atoms with van der Waals surface area (Å²) in [6.07, 6.45) is -1.31. The summed E-state index contributed by atoms with van der Waals surface area (Å²) in [5.74, 6) is -1.47. The molecule has 0 aliphatic heterocycles. The zero-order chi connectivity index (χ0) is 15.1. The van der Waals surface area contributed by atoms with E-state index in [1.165, 1.54) is 13.8 Å². The molecular formula is C10H21N2O6P. The summed E-state index contributed by atoms with van der Waals surface area (Å²) in [6, 6.07) is -0.961. The fraction of sp³-hybridized carbons (Fsp3) is 0.800. The van der Waals surface area contributed by atoms with Gasteiger partial charge in [0.2, 0.25) is 5.91 Å². The topological polar surface area (TPSA) is 114 Å². The Bertz CT molecular complexity index is 352. The minimum atomic E-state index is -3.45. The van der Waals surface area contributed by atoms with E-state index < -0.39 is 31.4 Å². The maximum atomic E-state index is 12.3. The van der Waals surface area contributed by atoms with E-state index in [4.69, 9.17) is 14.2 Å². The molecule has 0 aromatic carbocycles. The Hall–Kier alpha value is -1.11. The molecule has 2 amide bonds. The molecule has 0 fully saturated rings. The fourth-order valence-electron chi connectivity index (χ4n) is 1.28. The third kappa shape index (κ3) is 6.04. The van der Waals surface area contributed by atoms with Crippen LogP contribution in [0.3, 0.4) is 0 Å². The highest BCUT2D eigenvalue weighted by Gasteiger charge is 2.34. The van der Waals surface area contributed by atoms with Crippen LogP contribution in [0.1, 0.15) is 27.7 Å². The molecule has 0 spiro atoms. The van der Waals surface area contributed by atoms with Crippen LogP contribution >= 0.6 is 7.60 Å². The van der Waals surface area contributed by atoms with Crippen LogP contribution in [-0.2, 0) is 18.4 Å². The average molecular weight is 296 g/mol. The highest BCUT2D eigenvalue weighted by molar-refractivity contribution is 7.54. The fourth-order valence-corrected chi connectivity index (χ4v) is 2.81. The van der Waals surface area contributed by atoms with E-state index in [1.54, 1.807) is 13.8 Å². The Labute approximate surface area is 112 Å². The average Bonchev–Trinajstić information content (AvgIpc) is 2.28. The minimum Gasteiger partial charge on any atom is -0.465 e. The molecule has 2 atom stereocenters. The first-order chi connectivity index (χ1) is 8.76. The summed E-state index contributed by atoms with van der Waals surface area (Å²) in [6.45, 7) is 6.55. The van der Waals surface area contributed by atoms with Crippen molar-refractivity contribution in [2.45, 2.75) is 39.5 Å². The number of nitrogens with one attached hydrogen (secondary N) is 2. The molecule has 0 saturated carbocycles. The molecule has 0 saturated heterocycles. The third-order valence-corrected chi connectivity index (χ3v) is 4.49. The lowest BCUT2D eigenvalue weighted by Crippen LogP contribution is -2.47. The first-order valence-corrected chi connectivity index (χ1v) is 7.56. The first-order valence-electron chi connectivity index (χ1n) is 5.95. The number of hydrogen-bond acceptors (Lipinski definition) is 5. The van der Waals surface area contributed by atoms with Gasteiger partial charge in [-0.05, 0) is 27.7 Å². The normalized spacial score (nSPS) is 14.5. The van der Waals surface area contributed by atoms with Gasteiger partial charge in [-0.25, -0.2) is 4.79 Å². The van der Waals surface area contributed by atoms with Gasteiger partial charge in [0.15, 0.2) is 0 Å². The standard InChI is InChI=1S/C10H21N2O6P/c1-5-17-19(16,18-6-2)8(4)12-9(13)7(3)11-10(14)15/h7-8,11H,5-6H2,1-4H3,(H,12,13)(H,14,15)/t7-,8+/m0/s1. The molecule has 0 aromatic rings. The summed E-state index contributed by atoms with van der Waals surface area (Å²) in [5.41, 5.74) is 0. The monoisotopic (exact) mass is 296 g/mol. The molecule has 19 heavy (non-hydrogen) atoms. The second-order valence-corrected chi connectivity index (χ2v) is 6.10. The van der Waals surface area contributed by atoms with Crippen molar-refractivity contribution < 1.29 is 28.3 Å². The molecule has 0 aromatic heterocycles. The van der Waals surface area contributed by atoms with Gasteiger partial charge < -0.3 is 24.8 Å². The van der Waals surface area contributed by atoms with Crippen molar-refractivity contribution in [1.82, 2.24) is 10.6 Å². The molecule has 0 radical (unpaired) electrons. The van der Waals surface area contributed by atoms with Gasteiger partial charge in [0, 0.05) is 0 Å². The lowest BCUT2D eigenvalue weighted by molar-refractivity contribution is -0.122. The van der Waals surface area contributed by atoms with Crippen LogP contribution in [0.4, 0.5) is 4.79 Å². The van der Waals surface area contributed by atoms with Crippen molar-refractivity contribution in [1.29, 1.82) is 0 Å². The Balaban J connectivity index is 4.63. The van der Waals surface area contributed by atoms with Gasteiger partial charge in [-0.3, -0.25) is 9.36 Å². The Kier molecular flexibility index (Phi) is 7.66. The number of carbonyl (C=O) groups excluding carboxylic acids is 1. The third-order valence-electron chi connectivity index (χ3n) is 2.18. The molecule has 0 unspecified atom stereocenters. The van der Waals surface area contributed by atoms with Gasteiger partial charge in [0.05, 0.1) is 13.2 Å². The molecule has 8 nitrogen and oxygen atoms in total. The summed E-state index contributed by atoms with van der Waals surface area (Å²) < 4.78 is 22.4. The van der Waals surface area contributed by atoms with Gasteiger partial charge in [-0.2, -0.15) is 0 Å². The predicted molar refractivity (Wildman–Crippen MR) is 69.1 cm³/mol. The van der Waals surface area contributed by atoms with Crippen molar-refractivity contribution in [3.05, 3.63) is 0 Å². The van der Waals surface area contributed by atoms with Gasteiger partial charge in [-0.15, -0.1) is 0 Å².